The van der Waals surface area contributed by atoms with E-state index < -0.39 is 0 Å². The zero-order valence-corrected chi connectivity index (χ0v) is 12.1. The molecule has 0 amide bonds. The molecule has 1 N–H and O–H groups in total. The first kappa shape index (κ1) is 13.8. The molecular formula is C18H23N. The number of rotatable bonds is 5. The molecule has 0 aromatic heterocycles. The highest BCUT2D eigenvalue weighted by atomic mass is 14.9. The first-order valence-electron chi connectivity index (χ1n) is 6.99. The first-order chi connectivity index (χ1) is 9.22. The maximum Gasteiger partial charge on any atom is 0.0320 e. The van der Waals surface area contributed by atoms with E-state index in [1.54, 1.807) is 0 Å². The Hall–Kier alpha value is -1.60. The second-order valence-corrected chi connectivity index (χ2v) is 5.16. The van der Waals surface area contributed by atoms with Gasteiger partial charge in [0.15, 0.2) is 0 Å². The van der Waals surface area contributed by atoms with Crippen LogP contribution in [0.15, 0.2) is 48.5 Å². The van der Waals surface area contributed by atoms with Crippen LogP contribution >= 0.6 is 0 Å². The highest BCUT2D eigenvalue weighted by molar-refractivity contribution is 5.33. The summed E-state index contributed by atoms with van der Waals surface area (Å²) in [5, 5.41) is 3.43. The van der Waals surface area contributed by atoms with Crippen molar-refractivity contribution in [3.05, 3.63) is 70.8 Å². The minimum atomic E-state index is 0.431. The van der Waals surface area contributed by atoms with E-state index in [2.05, 4.69) is 67.7 Å². The van der Waals surface area contributed by atoms with Crippen molar-refractivity contribution in [2.45, 2.75) is 32.7 Å². The van der Waals surface area contributed by atoms with Crippen molar-refractivity contribution >= 4 is 0 Å². The second-order valence-electron chi connectivity index (χ2n) is 5.16. The van der Waals surface area contributed by atoms with Gasteiger partial charge in [-0.1, -0.05) is 48.5 Å². The second kappa shape index (κ2) is 6.53. The standard InChI is InChI=1S/C18H23N/c1-14-8-7-9-15(2)17(14)12-13-18(19-3)16-10-5-4-6-11-16/h4-11,18-19H,12-13H2,1-3H3. The van der Waals surface area contributed by atoms with Crippen LogP contribution in [-0.2, 0) is 6.42 Å². The van der Waals surface area contributed by atoms with Gasteiger partial charge in [0.2, 0.25) is 0 Å². The molecule has 1 heteroatoms. The van der Waals surface area contributed by atoms with Gasteiger partial charge in [-0.25, -0.2) is 0 Å². The van der Waals surface area contributed by atoms with Gasteiger partial charge in [0.1, 0.15) is 0 Å². The minimum absolute atomic E-state index is 0.431. The van der Waals surface area contributed by atoms with Gasteiger partial charge in [0, 0.05) is 6.04 Å². The maximum atomic E-state index is 3.43. The Morgan fingerprint density at radius 3 is 2.11 bits per heavy atom. The molecule has 2 aromatic carbocycles. The molecule has 19 heavy (non-hydrogen) atoms. The predicted octanol–water partition coefficient (Wildman–Crippen LogP) is 4.20. The Morgan fingerprint density at radius 2 is 1.53 bits per heavy atom. The molecule has 0 aliphatic carbocycles. The van der Waals surface area contributed by atoms with Crippen LogP contribution in [0.4, 0.5) is 0 Å². The molecule has 0 aliphatic heterocycles. The fraction of sp³-hybridized carbons (Fsp3) is 0.333. The van der Waals surface area contributed by atoms with Crippen LogP contribution in [0.3, 0.4) is 0 Å². The van der Waals surface area contributed by atoms with E-state index in [9.17, 15) is 0 Å². The zero-order valence-electron chi connectivity index (χ0n) is 12.1. The van der Waals surface area contributed by atoms with Crippen molar-refractivity contribution in [2.75, 3.05) is 7.05 Å². The van der Waals surface area contributed by atoms with Crippen LogP contribution in [-0.4, -0.2) is 7.05 Å². The van der Waals surface area contributed by atoms with Crippen LogP contribution in [0.5, 0.6) is 0 Å². The highest BCUT2D eigenvalue weighted by Crippen LogP contribution is 2.22. The number of hydrogen-bond donors (Lipinski definition) is 1. The molecule has 0 bridgehead atoms. The Labute approximate surface area is 116 Å². The number of hydrogen-bond acceptors (Lipinski definition) is 1. The summed E-state index contributed by atoms with van der Waals surface area (Å²) < 4.78 is 0. The smallest absolute Gasteiger partial charge is 0.0320 e. The summed E-state index contributed by atoms with van der Waals surface area (Å²) in [6, 6.07) is 17.7. The topological polar surface area (TPSA) is 12.0 Å². The summed E-state index contributed by atoms with van der Waals surface area (Å²) in [6.45, 7) is 4.42. The van der Waals surface area contributed by atoms with Gasteiger partial charge in [-0.15, -0.1) is 0 Å². The van der Waals surface area contributed by atoms with Crippen LogP contribution in [0, 0.1) is 13.8 Å². The molecular weight excluding hydrogens is 230 g/mol. The van der Waals surface area contributed by atoms with Crippen LogP contribution < -0.4 is 5.32 Å². The molecule has 1 unspecified atom stereocenters. The molecule has 0 fully saturated rings. The largest absolute Gasteiger partial charge is 0.313 e. The molecule has 100 valence electrons. The summed E-state index contributed by atoms with van der Waals surface area (Å²) in [7, 11) is 2.04. The molecule has 2 aromatic rings. The zero-order chi connectivity index (χ0) is 13.7. The monoisotopic (exact) mass is 253 g/mol. The van der Waals surface area contributed by atoms with Gasteiger partial charge in [0.05, 0.1) is 0 Å². The van der Waals surface area contributed by atoms with Gasteiger partial charge in [-0.05, 0) is 56.0 Å². The average molecular weight is 253 g/mol. The van der Waals surface area contributed by atoms with E-state index in [0.29, 0.717) is 6.04 Å². The summed E-state index contributed by atoms with van der Waals surface area (Å²) in [4.78, 5) is 0. The predicted molar refractivity (Wildman–Crippen MR) is 82.5 cm³/mol. The average Bonchev–Trinajstić information content (AvgIpc) is 2.43. The van der Waals surface area contributed by atoms with E-state index >= 15 is 0 Å². The molecule has 0 saturated heterocycles. The Kier molecular flexibility index (Phi) is 4.75. The fourth-order valence-corrected chi connectivity index (χ4v) is 2.70. The SMILES string of the molecule is CNC(CCc1c(C)cccc1C)c1ccccc1. The Balaban J connectivity index is 2.09. The first-order valence-corrected chi connectivity index (χ1v) is 6.99. The van der Waals surface area contributed by atoms with Crippen molar-refractivity contribution in [3.63, 3.8) is 0 Å². The van der Waals surface area contributed by atoms with Crippen LogP contribution in [0.2, 0.25) is 0 Å². The third-order valence-electron chi connectivity index (χ3n) is 3.88. The quantitative estimate of drug-likeness (QED) is 0.842. The van der Waals surface area contributed by atoms with Crippen molar-refractivity contribution in [1.29, 1.82) is 0 Å². The van der Waals surface area contributed by atoms with Gasteiger partial charge < -0.3 is 5.32 Å². The third kappa shape index (κ3) is 3.45. The molecule has 0 saturated carbocycles. The van der Waals surface area contributed by atoms with Gasteiger partial charge >= 0.3 is 0 Å². The van der Waals surface area contributed by atoms with E-state index in [4.69, 9.17) is 0 Å². The lowest BCUT2D eigenvalue weighted by Gasteiger charge is -2.18. The number of nitrogens with one attached hydrogen (secondary N) is 1. The molecule has 1 nitrogen and oxygen atoms in total. The van der Waals surface area contributed by atoms with Crippen LogP contribution in [0.1, 0.15) is 34.7 Å². The van der Waals surface area contributed by atoms with Crippen molar-refractivity contribution in [3.8, 4) is 0 Å². The molecule has 0 aliphatic rings. The summed E-state index contributed by atoms with van der Waals surface area (Å²) in [5.41, 5.74) is 5.68. The van der Waals surface area contributed by atoms with E-state index in [0.717, 1.165) is 12.8 Å². The molecule has 1 atom stereocenters. The molecule has 0 heterocycles. The van der Waals surface area contributed by atoms with Gasteiger partial charge in [-0.3, -0.25) is 0 Å². The van der Waals surface area contributed by atoms with E-state index in [1.807, 2.05) is 7.05 Å². The van der Waals surface area contributed by atoms with E-state index in [1.165, 1.54) is 22.3 Å². The van der Waals surface area contributed by atoms with Gasteiger partial charge in [0.25, 0.3) is 0 Å². The van der Waals surface area contributed by atoms with Crippen LogP contribution in [0.25, 0.3) is 0 Å². The summed E-state index contributed by atoms with van der Waals surface area (Å²) >= 11 is 0. The highest BCUT2D eigenvalue weighted by Gasteiger charge is 2.10. The number of benzene rings is 2. The molecule has 2 rings (SSSR count). The van der Waals surface area contributed by atoms with Crippen molar-refractivity contribution < 1.29 is 0 Å². The third-order valence-corrected chi connectivity index (χ3v) is 3.88. The Bertz CT molecular complexity index is 496. The van der Waals surface area contributed by atoms with Gasteiger partial charge in [-0.2, -0.15) is 0 Å². The van der Waals surface area contributed by atoms with Crippen molar-refractivity contribution in [1.82, 2.24) is 5.32 Å². The summed E-state index contributed by atoms with van der Waals surface area (Å²) in [6.07, 6.45) is 2.26. The minimum Gasteiger partial charge on any atom is -0.313 e. The lowest BCUT2D eigenvalue weighted by atomic mass is 9.94. The lowest BCUT2D eigenvalue weighted by Crippen LogP contribution is -2.17. The maximum absolute atomic E-state index is 3.43. The summed E-state index contributed by atoms with van der Waals surface area (Å²) in [5.74, 6) is 0. The normalized spacial score (nSPS) is 12.4. The lowest BCUT2D eigenvalue weighted by molar-refractivity contribution is 0.548. The number of aryl methyl sites for hydroxylation is 2. The van der Waals surface area contributed by atoms with Crippen molar-refractivity contribution in [2.24, 2.45) is 0 Å². The molecule has 0 radical (unpaired) electrons. The van der Waals surface area contributed by atoms with E-state index in [-0.39, 0.29) is 0 Å². The Morgan fingerprint density at radius 1 is 0.895 bits per heavy atom. The molecule has 0 spiro atoms. The fourth-order valence-electron chi connectivity index (χ4n) is 2.70.